The van der Waals surface area contributed by atoms with Gasteiger partial charge in [0, 0.05) is 16.6 Å². The minimum absolute atomic E-state index is 0.0219. The van der Waals surface area contributed by atoms with Gasteiger partial charge in [-0.2, -0.15) is 5.26 Å². The first-order chi connectivity index (χ1) is 17.2. The monoisotopic (exact) mass is 457 g/mol. The van der Waals surface area contributed by atoms with Gasteiger partial charge in [0.15, 0.2) is 0 Å². The van der Waals surface area contributed by atoms with Gasteiger partial charge in [0.25, 0.3) is 5.91 Å². The van der Waals surface area contributed by atoms with E-state index in [9.17, 15) is 14.4 Å². The number of amides is 1. The number of nitrogens with zero attached hydrogens (tertiary/aromatic N) is 2. The number of aromatic nitrogens is 1. The first-order valence-electron chi connectivity index (χ1n) is 11.1. The van der Waals surface area contributed by atoms with Crippen molar-refractivity contribution in [2.75, 3.05) is 5.32 Å². The Labute approximate surface area is 202 Å². The molecule has 0 bridgehead atoms. The van der Waals surface area contributed by atoms with Crippen molar-refractivity contribution in [2.24, 2.45) is 0 Å². The summed E-state index contributed by atoms with van der Waals surface area (Å²) in [6.45, 7) is 0. The van der Waals surface area contributed by atoms with Gasteiger partial charge in [-0.1, -0.05) is 78.9 Å². The Hall–Kier alpha value is -4.95. The molecule has 0 aliphatic carbocycles. The van der Waals surface area contributed by atoms with Crippen LogP contribution < -0.4 is 5.32 Å². The number of hydrogen-bond donors (Lipinski definition) is 1. The molecule has 1 heterocycles. The van der Waals surface area contributed by atoms with Gasteiger partial charge >= 0.3 is 0 Å². The molecule has 168 valence electrons. The topological polar surface area (TPSA) is 57.8 Å². The Bertz CT molecular complexity index is 1600. The van der Waals surface area contributed by atoms with Crippen LogP contribution in [0.4, 0.5) is 10.1 Å². The lowest BCUT2D eigenvalue weighted by atomic mass is 10.0. The number of nitrogens with one attached hydrogen (secondary N) is 1. The van der Waals surface area contributed by atoms with Crippen molar-refractivity contribution in [1.29, 1.82) is 5.26 Å². The van der Waals surface area contributed by atoms with E-state index in [2.05, 4.69) is 9.88 Å². The summed E-state index contributed by atoms with van der Waals surface area (Å²) in [4.78, 5) is 13.0. The summed E-state index contributed by atoms with van der Waals surface area (Å²) in [6.07, 6.45) is 1.58. The van der Waals surface area contributed by atoms with Crippen molar-refractivity contribution in [3.05, 3.63) is 126 Å². The van der Waals surface area contributed by atoms with E-state index < -0.39 is 11.7 Å². The van der Waals surface area contributed by atoms with Gasteiger partial charge in [0.05, 0.1) is 16.9 Å². The molecular formula is C30H20FN3O. The molecule has 0 atom stereocenters. The fourth-order valence-corrected chi connectivity index (χ4v) is 4.18. The average molecular weight is 458 g/mol. The number of hydrogen-bond acceptors (Lipinski definition) is 2. The third-order valence-corrected chi connectivity index (χ3v) is 5.75. The number of rotatable bonds is 5. The zero-order valence-electron chi connectivity index (χ0n) is 18.7. The number of carbonyl (C=O) groups is 1. The van der Waals surface area contributed by atoms with Crippen LogP contribution in [0.3, 0.4) is 0 Å². The smallest absolute Gasteiger partial charge is 0.266 e. The van der Waals surface area contributed by atoms with Crippen LogP contribution in [0.25, 0.3) is 33.9 Å². The highest BCUT2D eigenvalue weighted by Gasteiger charge is 2.20. The summed E-state index contributed by atoms with van der Waals surface area (Å²) in [6, 6.07) is 35.5. The zero-order chi connectivity index (χ0) is 24.2. The molecule has 0 spiro atoms. The maximum Gasteiger partial charge on any atom is 0.266 e. The molecule has 5 rings (SSSR count). The van der Waals surface area contributed by atoms with Gasteiger partial charge in [-0.25, -0.2) is 4.39 Å². The Morgan fingerprint density at radius 1 is 0.829 bits per heavy atom. The summed E-state index contributed by atoms with van der Waals surface area (Å²) in [5.74, 6) is -1.24. The van der Waals surface area contributed by atoms with Gasteiger partial charge in [-0.05, 0) is 42.0 Å². The van der Waals surface area contributed by atoms with Crippen LogP contribution in [0.15, 0.2) is 115 Å². The van der Waals surface area contributed by atoms with Crippen molar-refractivity contribution < 1.29 is 9.18 Å². The van der Waals surface area contributed by atoms with Gasteiger partial charge in [0.2, 0.25) is 0 Å². The molecule has 0 saturated heterocycles. The van der Waals surface area contributed by atoms with Crippen LogP contribution >= 0.6 is 0 Å². The molecule has 4 aromatic carbocycles. The van der Waals surface area contributed by atoms with E-state index in [1.54, 1.807) is 12.1 Å². The number of carbonyl (C=O) groups excluding carboxylic acids is 1. The van der Waals surface area contributed by atoms with E-state index in [0.717, 1.165) is 33.4 Å². The number of nitriles is 1. The van der Waals surface area contributed by atoms with Gasteiger partial charge in [-0.3, -0.25) is 4.79 Å². The largest absolute Gasteiger partial charge is 0.319 e. The van der Waals surface area contributed by atoms with Gasteiger partial charge in [-0.15, -0.1) is 0 Å². The van der Waals surface area contributed by atoms with E-state index in [-0.39, 0.29) is 11.3 Å². The molecule has 1 N–H and O–H groups in total. The molecule has 35 heavy (non-hydrogen) atoms. The minimum Gasteiger partial charge on any atom is -0.319 e. The first-order valence-corrected chi connectivity index (χ1v) is 11.1. The Morgan fingerprint density at radius 2 is 1.46 bits per heavy atom. The van der Waals surface area contributed by atoms with Crippen molar-refractivity contribution in [2.45, 2.75) is 0 Å². The number of halogens is 1. The molecule has 1 amide bonds. The Morgan fingerprint density at radius 3 is 2.17 bits per heavy atom. The van der Waals surface area contributed by atoms with Crippen LogP contribution in [0, 0.1) is 17.1 Å². The molecule has 5 aromatic rings. The average Bonchev–Trinajstić information content (AvgIpc) is 3.23. The summed E-state index contributed by atoms with van der Waals surface area (Å²) in [5, 5.41) is 13.3. The van der Waals surface area contributed by atoms with Crippen molar-refractivity contribution in [3.63, 3.8) is 0 Å². The molecule has 0 fully saturated rings. The number of para-hydroxylation sites is 3. The lowest BCUT2D eigenvalue weighted by Crippen LogP contribution is -2.14. The van der Waals surface area contributed by atoms with Crippen LogP contribution in [-0.4, -0.2) is 10.5 Å². The second kappa shape index (κ2) is 9.50. The highest BCUT2D eigenvalue weighted by Crippen LogP contribution is 2.37. The molecule has 0 aliphatic rings. The molecular weight excluding hydrogens is 437 g/mol. The molecule has 0 saturated carbocycles. The second-order valence-corrected chi connectivity index (χ2v) is 7.92. The molecule has 0 unspecified atom stereocenters. The lowest BCUT2D eigenvalue weighted by molar-refractivity contribution is -0.112. The standard InChI is InChI=1S/C30H20FN3O/c31-26-16-8-9-17-27(26)33-30(35)22(20-32)19-25-24-15-7-10-18-28(24)34(23-13-5-2-6-14-23)29(25)21-11-3-1-4-12-21/h1-19H,(H,33,35). The normalized spacial score (nSPS) is 11.3. The fraction of sp³-hybridized carbons (Fsp3) is 0. The summed E-state index contributed by atoms with van der Waals surface area (Å²) >= 11 is 0. The number of fused-ring (bicyclic) bond motifs is 1. The third-order valence-electron chi connectivity index (χ3n) is 5.75. The maximum absolute atomic E-state index is 14.1. The predicted molar refractivity (Wildman–Crippen MR) is 137 cm³/mol. The lowest BCUT2D eigenvalue weighted by Gasteiger charge is -2.12. The molecule has 4 nitrogen and oxygen atoms in total. The van der Waals surface area contributed by atoms with Crippen LogP contribution in [0.1, 0.15) is 5.56 Å². The van der Waals surface area contributed by atoms with Crippen LogP contribution in [0.5, 0.6) is 0 Å². The van der Waals surface area contributed by atoms with Crippen LogP contribution in [0.2, 0.25) is 0 Å². The first kappa shape index (κ1) is 21.9. The fourth-order valence-electron chi connectivity index (χ4n) is 4.18. The number of anilines is 1. The molecule has 0 aliphatic heterocycles. The summed E-state index contributed by atoms with van der Waals surface area (Å²) in [7, 11) is 0. The molecule has 0 radical (unpaired) electrons. The highest BCUT2D eigenvalue weighted by molar-refractivity contribution is 6.12. The molecule has 1 aromatic heterocycles. The maximum atomic E-state index is 14.1. The highest BCUT2D eigenvalue weighted by atomic mass is 19.1. The minimum atomic E-state index is -0.673. The van der Waals surface area contributed by atoms with E-state index in [1.807, 2.05) is 91.0 Å². The third kappa shape index (κ3) is 4.21. The summed E-state index contributed by atoms with van der Waals surface area (Å²) < 4.78 is 16.2. The molecule has 5 heteroatoms. The Balaban J connectivity index is 1.74. The van der Waals surface area contributed by atoms with E-state index in [4.69, 9.17) is 0 Å². The predicted octanol–water partition coefficient (Wildman–Crippen LogP) is 6.98. The quantitative estimate of drug-likeness (QED) is 0.229. The summed E-state index contributed by atoms with van der Waals surface area (Å²) in [5.41, 5.74) is 4.31. The SMILES string of the molecule is N#CC(=Cc1c(-c2ccccc2)n(-c2ccccc2)c2ccccc12)C(=O)Nc1ccccc1F. The van der Waals surface area contributed by atoms with E-state index >= 15 is 0 Å². The Kier molecular flexibility index (Phi) is 5.94. The number of benzene rings is 4. The van der Waals surface area contributed by atoms with Gasteiger partial charge < -0.3 is 9.88 Å². The van der Waals surface area contributed by atoms with Crippen molar-refractivity contribution >= 4 is 28.6 Å². The van der Waals surface area contributed by atoms with E-state index in [1.165, 1.54) is 18.2 Å². The van der Waals surface area contributed by atoms with E-state index in [0.29, 0.717) is 0 Å². The van der Waals surface area contributed by atoms with Gasteiger partial charge in [0.1, 0.15) is 17.5 Å². The zero-order valence-corrected chi connectivity index (χ0v) is 18.7. The van der Waals surface area contributed by atoms with Crippen LogP contribution in [-0.2, 0) is 4.79 Å². The van der Waals surface area contributed by atoms with Crippen molar-refractivity contribution in [1.82, 2.24) is 4.57 Å². The second-order valence-electron chi connectivity index (χ2n) is 7.92. The van der Waals surface area contributed by atoms with Crippen molar-refractivity contribution in [3.8, 4) is 23.0 Å².